The first-order valence-corrected chi connectivity index (χ1v) is 7.98. The van der Waals surface area contributed by atoms with E-state index in [4.69, 9.17) is 14.5 Å². The van der Waals surface area contributed by atoms with Gasteiger partial charge in [-0.05, 0) is 43.2 Å². The number of nitrogens with zero attached hydrogens (tertiary/aromatic N) is 2. The molecule has 5 heteroatoms. The molecule has 2 aromatic heterocycles. The normalized spacial score (nSPS) is 12.4. The fourth-order valence-electron chi connectivity index (χ4n) is 2.88. The highest BCUT2D eigenvalue weighted by atomic mass is 16.5. The van der Waals surface area contributed by atoms with E-state index in [1.807, 2.05) is 54.8 Å². The minimum Gasteiger partial charge on any atom is -0.497 e. The number of fused-ring (bicyclic) bond motifs is 1. The van der Waals surface area contributed by atoms with Crippen molar-refractivity contribution in [2.75, 3.05) is 14.2 Å². The minimum absolute atomic E-state index is 0.598. The van der Waals surface area contributed by atoms with Crippen LogP contribution >= 0.6 is 0 Å². The van der Waals surface area contributed by atoms with Gasteiger partial charge in [-0.25, -0.2) is 4.98 Å². The van der Waals surface area contributed by atoms with Gasteiger partial charge in [0.05, 0.1) is 31.7 Å². The molecule has 0 amide bonds. The SMILES string of the molecule is CCC(O)c1c(-c2cc(OC)ccc2OC)nc2ccc(C)cn12. The van der Waals surface area contributed by atoms with Gasteiger partial charge in [-0.15, -0.1) is 0 Å². The molecular weight excluding hydrogens is 304 g/mol. The maximum absolute atomic E-state index is 10.6. The van der Waals surface area contributed by atoms with Gasteiger partial charge in [-0.1, -0.05) is 13.0 Å². The van der Waals surface area contributed by atoms with E-state index in [1.165, 1.54) is 0 Å². The summed E-state index contributed by atoms with van der Waals surface area (Å²) in [6.45, 7) is 3.97. The lowest BCUT2D eigenvalue weighted by Gasteiger charge is -2.14. The largest absolute Gasteiger partial charge is 0.497 e. The van der Waals surface area contributed by atoms with Crippen LogP contribution in [0.1, 0.15) is 30.7 Å². The number of rotatable bonds is 5. The summed E-state index contributed by atoms with van der Waals surface area (Å²) >= 11 is 0. The van der Waals surface area contributed by atoms with Gasteiger partial charge >= 0.3 is 0 Å². The molecule has 0 fully saturated rings. The predicted molar refractivity (Wildman–Crippen MR) is 93.7 cm³/mol. The molecule has 1 atom stereocenters. The van der Waals surface area contributed by atoms with Gasteiger partial charge in [0.2, 0.25) is 0 Å². The van der Waals surface area contributed by atoms with Crippen molar-refractivity contribution >= 4 is 5.65 Å². The Morgan fingerprint density at radius 2 is 1.96 bits per heavy atom. The summed E-state index contributed by atoms with van der Waals surface area (Å²) in [7, 11) is 3.25. The summed E-state index contributed by atoms with van der Waals surface area (Å²) in [5.41, 5.74) is 4.19. The monoisotopic (exact) mass is 326 g/mol. The number of aliphatic hydroxyl groups excluding tert-OH is 1. The second-order valence-electron chi connectivity index (χ2n) is 5.77. The topological polar surface area (TPSA) is 56.0 Å². The molecule has 0 aliphatic rings. The minimum atomic E-state index is -0.618. The lowest BCUT2D eigenvalue weighted by atomic mass is 10.0. The Labute approximate surface area is 141 Å². The van der Waals surface area contributed by atoms with Crippen LogP contribution in [-0.4, -0.2) is 28.7 Å². The van der Waals surface area contributed by atoms with Crippen molar-refractivity contribution in [3.63, 3.8) is 0 Å². The van der Waals surface area contributed by atoms with E-state index < -0.39 is 6.10 Å². The third kappa shape index (κ3) is 2.71. The first kappa shape index (κ1) is 16.3. The molecule has 24 heavy (non-hydrogen) atoms. The van der Waals surface area contributed by atoms with Gasteiger partial charge in [-0.2, -0.15) is 0 Å². The molecule has 0 spiro atoms. The molecule has 0 saturated heterocycles. The molecule has 0 saturated carbocycles. The number of hydrogen-bond donors (Lipinski definition) is 1. The predicted octanol–water partition coefficient (Wildman–Crippen LogP) is 3.77. The van der Waals surface area contributed by atoms with Crippen LogP contribution in [0.5, 0.6) is 11.5 Å². The number of aromatic nitrogens is 2. The Hall–Kier alpha value is -2.53. The lowest BCUT2D eigenvalue weighted by Crippen LogP contribution is -2.03. The molecule has 5 nitrogen and oxygen atoms in total. The quantitative estimate of drug-likeness (QED) is 0.775. The third-order valence-electron chi connectivity index (χ3n) is 4.17. The van der Waals surface area contributed by atoms with Crippen LogP contribution in [0.15, 0.2) is 36.5 Å². The molecule has 2 heterocycles. The smallest absolute Gasteiger partial charge is 0.137 e. The number of hydrogen-bond acceptors (Lipinski definition) is 4. The molecule has 3 rings (SSSR count). The van der Waals surface area contributed by atoms with Crippen LogP contribution in [0.4, 0.5) is 0 Å². The van der Waals surface area contributed by atoms with Crippen LogP contribution in [0, 0.1) is 6.92 Å². The average molecular weight is 326 g/mol. The van der Waals surface area contributed by atoms with E-state index >= 15 is 0 Å². The number of ether oxygens (including phenoxy) is 2. The van der Waals surface area contributed by atoms with Crippen molar-refractivity contribution in [1.29, 1.82) is 0 Å². The van der Waals surface area contributed by atoms with E-state index in [2.05, 4.69) is 0 Å². The first-order chi connectivity index (χ1) is 11.6. The molecule has 1 aromatic carbocycles. The van der Waals surface area contributed by atoms with Crippen LogP contribution in [0.2, 0.25) is 0 Å². The molecule has 0 aliphatic carbocycles. The fraction of sp³-hybridized carbons (Fsp3) is 0.316. The molecule has 1 unspecified atom stereocenters. The van der Waals surface area contributed by atoms with Gasteiger partial charge in [-0.3, -0.25) is 0 Å². The Bertz CT molecular complexity index is 870. The maximum atomic E-state index is 10.6. The molecule has 3 aromatic rings. The van der Waals surface area contributed by atoms with Gasteiger partial charge < -0.3 is 19.0 Å². The number of benzene rings is 1. The van der Waals surface area contributed by atoms with Gasteiger partial charge in [0.25, 0.3) is 0 Å². The number of pyridine rings is 1. The fourth-order valence-corrected chi connectivity index (χ4v) is 2.88. The molecule has 1 N–H and O–H groups in total. The van der Waals surface area contributed by atoms with E-state index in [0.29, 0.717) is 17.9 Å². The highest BCUT2D eigenvalue weighted by molar-refractivity contribution is 5.74. The number of aliphatic hydroxyl groups is 1. The van der Waals surface area contributed by atoms with Crippen LogP contribution < -0.4 is 9.47 Å². The zero-order chi connectivity index (χ0) is 17.3. The number of aryl methyl sites for hydroxylation is 1. The number of methoxy groups -OCH3 is 2. The lowest BCUT2D eigenvalue weighted by molar-refractivity contribution is 0.168. The second kappa shape index (κ2) is 6.53. The van der Waals surface area contributed by atoms with Crippen molar-refractivity contribution in [2.24, 2.45) is 0 Å². The van der Waals surface area contributed by atoms with Crippen molar-refractivity contribution in [1.82, 2.24) is 9.38 Å². The Balaban J connectivity index is 2.33. The Kier molecular flexibility index (Phi) is 4.44. The summed E-state index contributed by atoms with van der Waals surface area (Å²) in [6, 6.07) is 9.55. The van der Waals surface area contributed by atoms with Crippen LogP contribution in [-0.2, 0) is 0 Å². The Morgan fingerprint density at radius 1 is 1.17 bits per heavy atom. The Morgan fingerprint density at radius 3 is 2.62 bits per heavy atom. The molecule has 0 bridgehead atoms. The standard InChI is InChI=1S/C19H22N2O3/c1-5-15(22)19-18(20-17-9-6-12(2)11-21(17)19)14-10-13(23-3)7-8-16(14)24-4/h6-11,15,22H,5H2,1-4H3. The second-order valence-corrected chi connectivity index (χ2v) is 5.77. The summed E-state index contributed by atoms with van der Waals surface area (Å²) in [5.74, 6) is 1.41. The van der Waals surface area contributed by atoms with E-state index in [0.717, 1.165) is 28.2 Å². The van der Waals surface area contributed by atoms with Gasteiger partial charge in [0, 0.05) is 11.8 Å². The highest BCUT2D eigenvalue weighted by Crippen LogP contribution is 2.38. The zero-order valence-corrected chi connectivity index (χ0v) is 14.4. The van der Waals surface area contributed by atoms with Crippen LogP contribution in [0.25, 0.3) is 16.9 Å². The molecule has 126 valence electrons. The van der Waals surface area contributed by atoms with E-state index in [9.17, 15) is 5.11 Å². The summed E-state index contributed by atoms with van der Waals surface area (Å²) in [5, 5.41) is 10.6. The molecule has 0 aliphatic heterocycles. The molecule has 0 radical (unpaired) electrons. The number of imidazole rings is 1. The third-order valence-corrected chi connectivity index (χ3v) is 4.17. The van der Waals surface area contributed by atoms with Gasteiger partial charge in [0.15, 0.2) is 0 Å². The summed E-state index contributed by atoms with van der Waals surface area (Å²) in [6.07, 6.45) is 1.97. The highest BCUT2D eigenvalue weighted by Gasteiger charge is 2.22. The van der Waals surface area contributed by atoms with Crippen molar-refractivity contribution in [3.8, 4) is 22.8 Å². The maximum Gasteiger partial charge on any atom is 0.137 e. The summed E-state index contributed by atoms with van der Waals surface area (Å²) < 4.78 is 12.8. The van der Waals surface area contributed by atoms with E-state index in [-0.39, 0.29) is 0 Å². The van der Waals surface area contributed by atoms with Crippen molar-refractivity contribution < 1.29 is 14.6 Å². The van der Waals surface area contributed by atoms with Gasteiger partial charge in [0.1, 0.15) is 17.1 Å². The van der Waals surface area contributed by atoms with Crippen molar-refractivity contribution in [2.45, 2.75) is 26.4 Å². The average Bonchev–Trinajstić information content (AvgIpc) is 2.98. The first-order valence-electron chi connectivity index (χ1n) is 7.98. The van der Waals surface area contributed by atoms with Crippen LogP contribution in [0.3, 0.4) is 0 Å². The molecular formula is C19H22N2O3. The van der Waals surface area contributed by atoms with E-state index in [1.54, 1.807) is 14.2 Å². The summed E-state index contributed by atoms with van der Waals surface area (Å²) in [4.78, 5) is 4.74. The zero-order valence-electron chi connectivity index (χ0n) is 14.4. The van der Waals surface area contributed by atoms with Crippen molar-refractivity contribution in [3.05, 3.63) is 47.8 Å².